The molecule has 1 aliphatic rings. The number of hydrogen-bond donors (Lipinski definition) is 2. The molecule has 17 heavy (non-hydrogen) atoms. The molecule has 0 aliphatic carbocycles. The van der Waals surface area contributed by atoms with Gasteiger partial charge in [0.25, 0.3) is 0 Å². The maximum absolute atomic E-state index is 6.20. The van der Waals surface area contributed by atoms with Crippen molar-refractivity contribution in [2.24, 2.45) is 5.73 Å². The monoisotopic (exact) mass is 254 g/mol. The highest BCUT2D eigenvalue weighted by molar-refractivity contribution is 6.32. The first-order chi connectivity index (χ1) is 8.20. The van der Waals surface area contributed by atoms with Gasteiger partial charge in [-0.15, -0.1) is 0 Å². The Kier molecular flexibility index (Phi) is 4.26. The lowest BCUT2D eigenvalue weighted by atomic mass is 9.99. The van der Waals surface area contributed by atoms with E-state index < -0.39 is 0 Å². The average molecular weight is 255 g/mol. The summed E-state index contributed by atoms with van der Waals surface area (Å²) in [5, 5.41) is 4.08. The molecule has 0 aromatic heterocycles. The lowest BCUT2D eigenvalue weighted by molar-refractivity contribution is 0.414. The summed E-state index contributed by atoms with van der Waals surface area (Å²) in [4.78, 5) is 0. The second-order valence-corrected chi connectivity index (χ2v) is 4.94. The molecule has 0 radical (unpaired) electrons. The normalized spacial score (nSPS) is 21.5. The highest BCUT2D eigenvalue weighted by atomic mass is 35.5. The van der Waals surface area contributed by atoms with E-state index in [-0.39, 0.29) is 6.04 Å². The number of rotatable bonds is 4. The van der Waals surface area contributed by atoms with Crippen LogP contribution in [0.4, 0.5) is 0 Å². The molecule has 0 bridgehead atoms. The van der Waals surface area contributed by atoms with Gasteiger partial charge in [-0.3, -0.25) is 0 Å². The molecule has 1 fully saturated rings. The van der Waals surface area contributed by atoms with Crippen molar-refractivity contribution in [2.75, 3.05) is 13.7 Å². The van der Waals surface area contributed by atoms with Crippen LogP contribution in [0.25, 0.3) is 0 Å². The molecular formula is C13H19ClN2O. The van der Waals surface area contributed by atoms with E-state index in [4.69, 9.17) is 22.1 Å². The van der Waals surface area contributed by atoms with Crippen LogP contribution in [-0.2, 0) is 0 Å². The molecule has 1 saturated heterocycles. The lowest BCUT2D eigenvalue weighted by Gasteiger charge is -2.17. The fraction of sp³-hybridized carbons (Fsp3) is 0.538. The van der Waals surface area contributed by atoms with Crippen molar-refractivity contribution < 1.29 is 4.74 Å². The zero-order valence-electron chi connectivity index (χ0n) is 10.1. The highest BCUT2D eigenvalue weighted by Crippen LogP contribution is 2.28. The van der Waals surface area contributed by atoms with Crippen molar-refractivity contribution in [1.82, 2.24) is 5.32 Å². The van der Waals surface area contributed by atoms with Crippen molar-refractivity contribution in [3.63, 3.8) is 0 Å². The number of nitrogens with one attached hydrogen (secondary N) is 1. The highest BCUT2D eigenvalue weighted by Gasteiger charge is 2.18. The first-order valence-electron chi connectivity index (χ1n) is 6.03. The molecule has 2 unspecified atom stereocenters. The van der Waals surface area contributed by atoms with Gasteiger partial charge in [-0.05, 0) is 43.5 Å². The second-order valence-electron chi connectivity index (χ2n) is 4.53. The average Bonchev–Trinajstić information content (AvgIpc) is 2.81. The minimum Gasteiger partial charge on any atom is -0.495 e. The Labute approximate surface area is 107 Å². The summed E-state index contributed by atoms with van der Waals surface area (Å²) in [7, 11) is 1.61. The fourth-order valence-electron chi connectivity index (χ4n) is 2.31. The molecule has 2 atom stereocenters. The van der Waals surface area contributed by atoms with Crippen LogP contribution in [0, 0.1) is 0 Å². The summed E-state index contributed by atoms with van der Waals surface area (Å²) in [6.45, 7) is 1.11. The standard InChI is InChI=1S/C13H19ClN2O/c1-17-13-5-4-9(7-11(13)14)12(15)8-10-3-2-6-16-10/h4-5,7,10,12,16H,2-3,6,8,15H2,1H3. The lowest BCUT2D eigenvalue weighted by Crippen LogP contribution is -2.26. The first-order valence-corrected chi connectivity index (χ1v) is 6.41. The number of ether oxygens (including phenoxy) is 1. The molecule has 0 saturated carbocycles. The number of nitrogens with two attached hydrogens (primary N) is 1. The predicted octanol–water partition coefficient (Wildman–Crippen LogP) is 2.49. The van der Waals surface area contributed by atoms with Gasteiger partial charge in [0, 0.05) is 12.1 Å². The van der Waals surface area contributed by atoms with E-state index in [1.807, 2.05) is 18.2 Å². The van der Waals surface area contributed by atoms with Crippen LogP contribution in [0.5, 0.6) is 5.75 Å². The van der Waals surface area contributed by atoms with Crippen LogP contribution in [0.3, 0.4) is 0 Å². The van der Waals surface area contributed by atoms with Gasteiger partial charge in [0.05, 0.1) is 12.1 Å². The van der Waals surface area contributed by atoms with Crippen LogP contribution in [0.2, 0.25) is 5.02 Å². The topological polar surface area (TPSA) is 47.3 Å². The Balaban J connectivity index is 2.02. The molecule has 94 valence electrons. The second kappa shape index (κ2) is 5.71. The van der Waals surface area contributed by atoms with Crippen LogP contribution < -0.4 is 15.8 Å². The number of hydrogen-bond acceptors (Lipinski definition) is 3. The summed E-state index contributed by atoms with van der Waals surface area (Å²) in [5.74, 6) is 0.696. The van der Waals surface area contributed by atoms with Gasteiger partial charge < -0.3 is 15.8 Å². The maximum Gasteiger partial charge on any atom is 0.137 e. The minimum absolute atomic E-state index is 0.0361. The third kappa shape index (κ3) is 3.12. The quantitative estimate of drug-likeness (QED) is 0.868. The van der Waals surface area contributed by atoms with Gasteiger partial charge in [-0.25, -0.2) is 0 Å². The molecule has 0 amide bonds. The summed E-state index contributed by atoms with van der Waals surface area (Å²) >= 11 is 6.09. The van der Waals surface area contributed by atoms with Crippen molar-refractivity contribution in [3.8, 4) is 5.75 Å². The molecule has 4 heteroatoms. The van der Waals surface area contributed by atoms with Crippen LogP contribution >= 0.6 is 11.6 Å². The Hall–Kier alpha value is -0.770. The Morgan fingerprint density at radius 2 is 2.41 bits per heavy atom. The predicted molar refractivity (Wildman–Crippen MR) is 70.6 cm³/mol. The summed E-state index contributed by atoms with van der Waals surface area (Å²) in [6.07, 6.45) is 3.43. The summed E-state index contributed by atoms with van der Waals surface area (Å²) in [5.41, 5.74) is 7.27. The van der Waals surface area contributed by atoms with Gasteiger partial charge in [-0.2, -0.15) is 0 Å². The molecule has 0 spiro atoms. The molecule has 3 N–H and O–H groups in total. The SMILES string of the molecule is COc1ccc(C(N)CC2CCCN2)cc1Cl. The van der Waals surface area contributed by atoms with E-state index in [0.717, 1.165) is 18.5 Å². The van der Waals surface area contributed by atoms with Gasteiger partial charge in [0.2, 0.25) is 0 Å². The van der Waals surface area contributed by atoms with Crippen LogP contribution in [0.15, 0.2) is 18.2 Å². The van der Waals surface area contributed by atoms with Gasteiger partial charge in [-0.1, -0.05) is 17.7 Å². The van der Waals surface area contributed by atoms with Gasteiger partial charge >= 0.3 is 0 Å². The molecule has 1 aliphatic heterocycles. The molecule has 1 aromatic carbocycles. The van der Waals surface area contributed by atoms with Crippen LogP contribution in [-0.4, -0.2) is 19.7 Å². The number of halogens is 1. The maximum atomic E-state index is 6.20. The third-order valence-electron chi connectivity index (χ3n) is 3.30. The van der Waals surface area contributed by atoms with Crippen LogP contribution in [0.1, 0.15) is 30.9 Å². The Morgan fingerprint density at radius 1 is 1.59 bits per heavy atom. The minimum atomic E-state index is 0.0361. The third-order valence-corrected chi connectivity index (χ3v) is 3.60. The van der Waals surface area contributed by atoms with Crippen molar-refractivity contribution in [2.45, 2.75) is 31.3 Å². The van der Waals surface area contributed by atoms with Gasteiger partial charge in [0.15, 0.2) is 0 Å². The fourth-order valence-corrected chi connectivity index (χ4v) is 2.58. The Morgan fingerprint density at radius 3 is 3.00 bits per heavy atom. The van der Waals surface area contributed by atoms with E-state index in [2.05, 4.69) is 5.32 Å². The molecular weight excluding hydrogens is 236 g/mol. The molecule has 2 rings (SSSR count). The Bertz CT molecular complexity index is 378. The first kappa shape index (κ1) is 12.7. The van der Waals surface area contributed by atoms with Crippen molar-refractivity contribution in [3.05, 3.63) is 28.8 Å². The van der Waals surface area contributed by atoms with E-state index in [0.29, 0.717) is 16.8 Å². The van der Waals surface area contributed by atoms with Crippen molar-refractivity contribution >= 4 is 11.6 Å². The van der Waals surface area contributed by atoms with E-state index in [1.54, 1.807) is 7.11 Å². The zero-order chi connectivity index (χ0) is 12.3. The molecule has 1 heterocycles. The van der Waals surface area contributed by atoms with E-state index >= 15 is 0 Å². The smallest absolute Gasteiger partial charge is 0.137 e. The van der Waals surface area contributed by atoms with Gasteiger partial charge in [0.1, 0.15) is 5.75 Å². The largest absolute Gasteiger partial charge is 0.495 e. The molecule has 3 nitrogen and oxygen atoms in total. The zero-order valence-corrected chi connectivity index (χ0v) is 10.8. The summed E-state index contributed by atoms with van der Waals surface area (Å²) < 4.78 is 5.13. The number of benzene rings is 1. The van der Waals surface area contributed by atoms with Crippen molar-refractivity contribution in [1.29, 1.82) is 0 Å². The summed E-state index contributed by atoms with van der Waals surface area (Å²) in [6, 6.07) is 6.35. The molecule has 1 aromatic rings. The number of methoxy groups -OCH3 is 1. The van der Waals surface area contributed by atoms with E-state index in [1.165, 1.54) is 12.8 Å². The van der Waals surface area contributed by atoms with E-state index in [9.17, 15) is 0 Å².